The van der Waals surface area contributed by atoms with Gasteiger partial charge < -0.3 is 15.0 Å². The highest BCUT2D eigenvalue weighted by molar-refractivity contribution is 6.30. The monoisotopic (exact) mass is 254 g/mol. The summed E-state index contributed by atoms with van der Waals surface area (Å²) in [6.07, 6.45) is 0. The SMILES string of the molecule is CNCc1cc(Cl)ccc1N1CCOCC1C. The minimum absolute atomic E-state index is 0.417. The first-order chi connectivity index (χ1) is 8.22. The van der Waals surface area contributed by atoms with Crippen LogP contribution in [0.25, 0.3) is 0 Å². The van der Waals surface area contributed by atoms with Gasteiger partial charge in [0.05, 0.1) is 13.2 Å². The minimum Gasteiger partial charge on any atom is -0.377 e. The Morgan fingerprint density at radius 2 is 2.35 bits per heavy atom. The number of hydrogen-bond donors (Lipinski definition) is 1. The third-order valence-corrected chi connectivity index (χ3v) is 3.32. The fourth-order valence-corrected chi connectivity index (χ4v) is 2.45. The summed E-state index contributed by atoms with van der Waals surface area (Å²) in [7, 11) is 1.95. The van der Waals surface area contributed by atoms with Crippen molar-refractivity contribution in [3.63, 3.8) is 0 Å². The van der Waals surface area contributed by atoms with Crippen LogP contribution in [0.3, 0.4) is 0 Å². The van der Waals surface area contributed by atoms with Crippen LogP contribution in [0, 0.1) is 0 Å². The predicted molar refractivity (Wildman–Crippen MR) is 71.8 cm³/mol. The summed E-state index contributed by atoms with van der Waals surface area (Å²) < 4.78 is 5.47. The van der Waals surface area contributed by atoms with E-state index in [2.05, 4.69) is 23.2 Å². The maximum atomic E-state index is 6.06. The number of halogens is 1. The van der Waals surface area contributed by atoms with Crippen molar-refractivity contribution < 1.29 is 4.74 Å². The lowest BCUT2D eigenvalue weighted by molar-refractivity contribution is 0.0988. The summed E-state index contributed by atoms with van der Waals surface area (Å²) in [5, 5.41) is 3.98. The molecule has 1 fully saturated rings. The molecule has 0 bridgehead atoms. The van der Waals surface area contributed by atoms with Crippen molar-refractivity contribution in [1.82, 2.24) is 5.32 Å². The quantitative estimate of drug-likeness (QED) is 0.896. The molecule has 1 saturated heterocycles. The van der Waals surface area contributed by atoms with Crippen molar-refractivity contribution in [2.45, 2.75) is 19.5 Å². The molecule has 3 nitrogen and oxygen atoms in total. The van der Waals surface area contributed by atoms with E-state index in [4.69, 9.17) is 16.3 Å². The molecule has 2 rings (SSSR count). The van der Waals surface area contributed by atoms with Crippen LogP contribution in [0.2, 0.25) is 5.02 Å². The van der Waals surface area contributed by atoms with Crippen LogP contribution in [0.5, 0.6) is 0 Å². The molecule has 17 heavy (non-hydrogen) atoms. The molecule has 1 N–H and O–H groups in total. The van der Waals surface area contributed by atoms with Gasteiger partial charge in [-0.3, -0.25) is 0 Å². The van der Waals surface area contributed by atoms with Gasteiger partial charge in [0.25, 0.3) is 0 Å². The van der Waals surface area contributed by atoms with Gasteiger partial charge in [-0.05, 0) is 37.7 Å². The summed E-state index contributed by atoms with van der Waals surface area (Å²) in [6, 6.07) is 6.52. The number of nitrogens with zero attached hydrogens (tertiary/aromatic N) is 1. The summed E-state index contributed by atoms with van der Waals surface area (Å²) >= 11 is 6.06. The molecule has 1 heterocycles. The third kappa shape index (κ3) is 2.92. The molecule has 0 saturated carbocycles. The Morgan fingerprint density at radius 1 is 1.53 bits per heavy atom. The summed E-state index contributed by atoms with van der Waals surface area (Å²) in [5.41, 5.74) is 2.51. The molecular formula is C13H19ClN2O. The topological polar surface area (TPSA) is 24.5 Å². The zero-order chi connectivity index (χ0) is 12.3. The number of nitrogens with one attached hydrogen (secondary N) is 1. The van der Waals surface area contributed by atoms with E-state index in [1.165, 1.54) is 11.3 Å². The Balaban J connectivity index is 2.29. The average molecular weight is 255 g/mol. The van der Waals surface area contributed by atoms with E-state index in [-0.39, 0.29) is 0 Å². The second-order valence-corrected chi connectivity index (χ2v) is 4.86. The molecule has 1 aliphatic rings. The van der Waals surface area contributed by atoms with Gasteiger partial charge in [-0.1, -0.05) is 11.6 Å². The average Bonchev–Trinajstić information content (AvgIpc) is 2.31. The molecule has 0 radical (unpaired) electrons. The Morgan fingerprint density at radius 3 is 3.06 bits per heavy atom. The van der Waals surface area contributed by atoms with E-state index in [0.29, 0.717) is 6.04 Å². The molecule has 94 valence electrons. The van der Waals surface area contributed by atoms with Gasteiger partial charge in [-0.25, -0.2) is 0 Å². The van der Waals surface area contributed by atoms with Gasteiger partial charge >= 0.3 is 0 Å². The van der Waals surface area contributed by atoms with Crippen LogP contribution < -0.4 is 10.2 Å². The highest BCUT2D eigenvalue weighted by Gasteiger charge is 2.21. The van der Waals surface area contributed by atoms with Crippen molar-refractivity contribution in [2.75, 3.05) is 31.7 Å². The van der Waals surface area contributed by atoms with Crippen molar-refractivity contribution in [3.8, 4) is 0 Å². The van der Waals surface area contributed by atoms with Crippen molar-refractivity contribution in [3.05, 3.63) is 28.8 Å². The molecule has 1 aliphatic heterocycles. The predicted octanol–water partition coefficient (Wildman–Crippen LogP) is 2.28. The second-order valence-electron chi connectivity index (χ2n) is 4.42. The lowest BCUT2D eigenvalue weighted by Crippen LogP contribution is -2.44. The Hall–Kier alpha value is -0.770. The number of morpholine rings is 1. The molecule has 4 heteroatoms. The second kappa shape index (κ2) is 5.71. The van der Waals surface area contributed by atoms with Gasteiger partial charge in [0.15, 0.2) is 0 Å². The molecule has 1 atom stereocenters. The molecule has 1 unspecified atom stereocenters. The van der Waals surface area contributed by atoms with Crippen LogP contribution in [-0.2, 0) is 11.3 Å². The lowest BCUT2D eigenvalue weighted by Gasteiger charge is -2.36. The Labute approximate surface area is 108 Å². The number of rotatable bonds is 3. The fraction of sp³-hybridized carbons (Fsp3) is 0.538. The van der Waals surface area contributed by atoms with Gasteiger partial charge in [-0.2, -0.15) is 0 Å². The fourth-order valence-electron chi connectivity index (χ4n) is 2.25. The highest BCUT2D eigenvalue weighted by atomic mass is 35.5. The summed E-state index contributed by atoms with van der Waals surface area (Å²) in [6.45, 7) is 5.56. The Bertz CT molecular complexity index is 384. The minimum atomic E-state index is 0.417. The lowest BCUT2D eigenvalue weighted by atomic mass is 10.1. The normalized spacial score (nSPS) is 20.6. The van der Waals surface area contributed by atoms with Crippen molar-refractivity contribution in [2.24, 2.45) is 0 Å². The molecule has 0 amide bonds. The number of anilines is 1. The molecule has 0 aliphatic carbocycles. The number of ether oxygens (including phenoxy) is 1. The molecule has 0 spiro atoms. The molecular weight excluding hydrogens is 236 g/mol. The van der Waals surface area contributed by atoms with Crippen LogP contribution >= 0.6 is 11.6 Å². The van der Waals surface area contributed by atoms with E-state index >= 15 is 0 Å². The third-order valence-electron chi connectivity index (χ3n) is 3.09. The summed E-state index contributed by atoms with van der Waals surface area (Å²) in [5.74, 6) is 0. The van der Waals surface area contributed by atoms with Crippen molar-refractivity contribution >= 4 is 17.3 Å². The van der Waals surface area contributed by atoms with Crippen molar-refractivity contribution in [1.29, 1.82) is 0 Å². The highest BCUT2D eigenvalue weighted by Crippen LogP contribution is 2.27. The first kappa shape index (κ1) is 12.7. The van der Waals surface area contributed by atoms with Crippen LogP contribution in [0.1, 0.15) is 12.5 Å². The zero-order valence-corrected chi connectivity index (χ0v) is 11.1. The Kier molecular flexibility index (Phi) is 4.26. The zero-order valence-electron chi connectivity index (χ0n) is 10.4. The number of hydrogen-bond acceptors (Lipinski definition) is 3. The molecule has 0 aromatic heterocycles. The summed E-state index contributed by atoms with van der Waals surface area (Å²) in [4.78, 5) is 2.40. The molecule has 1 aromatic carbocycles. The number of benzene rings is 1. The standard InChI is InChI=1S/C13H19ClN2O/c1-10-9-17-6-5-16(10)13-4-3-12(14)7-11(13)8-15-2/h3-4,7,10,15H,5-6,8-9H2,1-2H3. The van der Waals surface area contributed by atoms with E-state index < -0.39 is 0 Å². The van der Waals surface area contributed by atoms with Gasteiger partial charge in [-0.15, -0.1) is 0 Å². The van der Waals surface area contributed by atoms with E-state index in [1.54, 1.807) is 0 Å². The van der Waals surface area contributed by atoms with E-state index in [0.717, 1.165) is 31.3 Å². The van der Waals surface area contributed by atoms with Crippen LogP contribution in [0.4, 0.5) is 5.69 Å². The van der Waals surface area contributed by atoms with Crippen LogP contribution in [-0.4, -0.2) is 32.8 Å². The van der Waals surface area contributed by atoms with E-state index in [1.807, 2.05) is 19.2 Å². The molecule has 1 aromatic rings. The largest absolute Gasteiger partial charge is 0.377 e. The van der Waals surface area contributed by atoms with E-state index in [9.17, 15) is 0 Å². The van der Waals surface area contributed by atoms with Crippen LogP contribution in [0.15, 0.2) is 18.2 Å². The maximum Gasteiger partial charge on any atom is 0.0668 e. The smallest absolute Gasteiger partial charge is 0.0668 e. The van der Waals surface area contributed by atoms with Gasteiger partial charge in [0, 0.05) is 29.8 Å². The van der Waals surface area contributed by atoms with Gasteiger partial charge in [0.2, 0.25) is 0 Å². The maximum absolute atomic E-state index is 6.06. The first-order valence-corrected chi connectivity index (χ1v) is 6.37. The van der Waals surface area contributed by atoms with Gasteiger partial charge in [0.1, 0.15) is 0 Å². The first-order valence-electron chi connectivity index (χ1n) is 6.00.